The van der Waals surface area contributed by atoms with Gasteiger partial charge in [-0.05, 0) is 92.6 Å². The molecule has 35 heavy (non-hydrogen) atoms. The molecule has 1 saturated heterocycles. The van der Waals surface area contributed by atoms with E-state index in [1.165, 1.54) is 6.07 Å². The van der Waals surface area contributed by atoms with Gasteiger partial charge < -0.3 is 14.8 Å². The van der Waals surface area contributed by atoms with Crippen molar-refractivity contribution in [2.45, 2.75) is 32.9 Å². The fourth-order valence-electron chi connectivity index (χ4n) is 4.85. The predicted octanol–water partition coefficient (Wildman–Crippen LogP) is 7.42. The second-order valence-electron chi connectivity index (χ2n) is 8.66. The fourth-order valence-corrected chi connectivity index (χ4v) is 5.58. The third-order valence-corrected chi connectivity index (χ3v) is 7.60. The van der Waals surface area contributed by atoms with Crippen molar-refractivity contribution >= 4 is 46.2 Å². The van der Waals surface area contributed by atoms with Crippen LogP contribution in [0.25, 0.3) is 5.69 Å². The van der Waals surface area contributed by atoms with E-state index in [2.05, 4.69) is 27.9 Å². The fraction of sp³-hybridized carbons (Fsp3) is 0.185. The lowest BCUT2D eigenvalue weighted by molar-refractivity contribution is 0.564. The summed E-state index contributed by atoms with van der Waals surface area (Å²) in [5.41, 5.74) is 6.13. The quantitative estimate of drug-likeness (QED) is 0.281. The second-order valence-corrected chi connectivity index (χ2v) is 9.84. The minimum absolute atomic E-state index is 0.210. The zero-order chi connectivity index (χ0) is 24.9. The molecular formula is C27H23Cl2FN4S. The van der Waals surface area contributed by atoms with Crippen LogP contribution >= 0.6 is 35.4 Å². The number of thiocarbonyl (C=S) groups is 1. The zero-order valence-corrected chi connectivity index (χ0v) is 21.7. The van der Waals surface area contributed by atoms with Crippen LogP contribution in [-0.4, -0.2) is 14.7 Å². The SMILES string of the molecule is Cc1cc(N2C(=S)NC(c3ccccn3)C2c2cc(C)n(-c3cccc(Cl)c3Cl)c2C)ccc1F. The van der Waals surface area contributed by atoms with Crippen molar-refractivity contribution in [2.24, 2.45) is 0 Å². The Morgan fingerprint density at radius 1 is 1.00 bits per heavy atom. The number of aryl methyl sites for hydroxylation is 2. The van der Waals surface area contributed by atoms with E-state index in [-0.39, 0.29) is 17.9 Å². The predicted molar refractivity (Wildman–Crippen MR) is 144 cm³/mol. The third kappa shape index (κ3) is 4.10. The lowest BCUT2D eigenvalue weighted by Crippen LogP contribution is -2.29. The molecule has 178 valence electrons. The van der Waals surface area contributed by atoms with Gasteiger partial charge in [0.1, 0.15) is 5.82 Å². The Kier molecular flexibility index (Phi) is 6.30. The van der Waals surface area contributed by atoms with Crippen molar-refractivity contribution in [3.63, 3.8) is 0 Å². The van der Waals surface area contributed by atoms with E-state index in [1.807, 2.05) is 48.2 Å². The summed E-state index contributed by atoms with van der Waals surface area (Å²) < 4.78 is 16.2. The number of rotatable bonds is 4. The standard InChI is InChI=1S/C27H23Cl2FN4S/c1-15-13-18(10-11-21(15)30)34-26(25(32-27(34)35)22-8-4-5-12-31-22)19-14-16(2)33(17(19)3)23-9-6-7-20(28)24(23)29/h4-14,25-26H,1-3H3,(H,32,35). The molecule has 1 aliphatic heterocycles. The number of nitrogens with one attached hydrogen (secondary N) is 1. The Morgan fingerprint density at radius 2 is 1.80 bits per heavy atom. The minimum Gasteiger partial charge on any atom is -0.351 e. The van der Waals surface area contributed by atoms with Gasteiger partial charge in [-0.3, -0.25) is 4.98 Å². The maximum atomic E-state index is 14.1. The molecule has 0 saturated carbocycles. The van der Waals surface area contributed by atoms with Crippen LogP contribution in [0.2, 0.25) is 10.0 Å². The number of aromatic nitrogens is 2. The molecule has 2 aromatic heterocycles. The van der Waals surface area contributed by atoms with Crippen molar-refractivity contribution in [3.8, 4) is 5.69 Å². The highest BCUT2D eigenvalue weighted by Gasteiger charge is 2.42. The van der Waals surface area contributed by atoms with Crippen molar-refractivity contribution in [1.82, 2.24) is 14.9 Å². The van der Waals surface area contributed by atoms with Crippen LogP contribution in [0.5, 0.6) is 0 Å². The van der Waals surface area contributed by atoms with Gasteiger partial charge in [-0.25, -0.2) is 4.39 Å². The molecule has 2 aromatic carbocycles. The highest BCUT2D eigenvalue weighted by Crippen LogP contribution is 2.44. The van der Waals surface area contributed by atoms with Crippen LogP contribution in [0.1, 0.15) is 40.3 Å². The molecule has 1 aliphatic rings. The number of pyridine rings is 1. The van der Waals surface area contributed by atoms with Crippen LogP contribution in [-0.2, 0) is 0 Å². The third-order valence-electron chi connectivity index (χ3n) is 6.48. The van der Waals surface area contributed by atoms with Crippen molar-refractivity contribution in [3.05, 3.63) is 111 Å². The van der Waals surface area contributed by atoms with Crippen molar-refractivity contribution < 1.29 is 4.39 Å². The van der Waals surface area contributed by atoms with Crippen LogP contribution in [0.15, 0.2) is 66.9 Å². The summed E-state index contributed by atoms with van der Waals surface area (Å²) >= 11 is 18.8. The molecule has 3 heterocycles. The van der Waals surface area contributed by atoms with Gasteiger partial charge in [0, 0.05) is 23.3 Å². The second kappa shape index (κ2) is 9.26. The summed E-state index contributed by atoms with van der Waals surface area (Å²) in [5.74, 6) is -0.251. The average molecular weight is 525 g/mol. The number of halogens is 3. The van der Waals surface area contributed by atoms with Gasteiger partial charge in [0.25, 0.3) is 0 Å². The molecule has 5 rings (SSSR count). The van der Waals surface area contributed by atoms with E-state index in [0.29, 0.717) is 20.7 Å². The number of nitrogens with zero attached hydrogens (tertiary/aromatic N) is 3. The molecule has 0 radical (unpaired) electrons. The number of hydrogen-bond donors (Lipinski definition) is 1. The summed E-state index contributed by atoms with van der Waals surface area (Å²) in [5, 5.41) is 5.01. The molecule has 4 aromatic rings. The van der Waals surface area contributed by atoms with Gasteiger partial charge in [0.05, 0.1) is 33.5 Å². The zero-order valence-electron chi connectivity index (χ0n) is 19.4. The van der Waals surface area contributed by atoms with Gasteiger partial charge in [-0.2, -0.15) is 0 Å². The van der Waals surface area contributed by atoms with Crippen LogP contribution in [0.4, 0.5) is 10.1 Å². The topological polar surface area (TPSA) is 33.1 Å². The van der Waals surface area contributed by atoms with E-state index in [0.717, 1.165) is 34.0 Å². The molecule has 2 atom stereocenters. The molecule has 0 amide bonds. The first kappa shape index (κ1) is 23.8. The molecule has 8 heteroatoms. The Balaban J connectivity index is 1.71. The molecular weight excluding hydrogens is 502 g/mol. The maximum Gasteiger partial charge on any atom is 0.174 e. The van der Waals surface area contributed by atoms with Gasteiger partial charge in [-0.1, -0.05) is 35.3 Å². The summed E-state index contributed by atoms with van der Waals surface area (Å²) in [6.45, 7) is 5.85. The largest absolute Gasteiger partial charge is 0.351 e. The lowest BCUT2D eigenvalue weighted by atomic mass is 9.96. The van der Waals surface area contributed by atoms with Crippen LogP contribution < -0.4 is 10.2 Å². The van der Waals surface area contributed by atoms with Gasteiger partial charge in [0.15, 0.2) is 5.11 Å². The molecule has 4 nitrogen and oxygen atoms in total. The molecule has 1 fully saturated rings. The summed E-state index contributed by atoms with van der Waals surface area (Å²) in [6.07, 6.45) is 1.77. The molecule has 2 unspecified atom stereocenters. The molecule has 0 aliphatic carbocycles. The van der Waals surface area contributed by atoms with E-state index >= 15 is 0 Å². The Labute approximate surface area is 219 Å². The van der Waals surface area contributed by atoms with Gasteiger partial charge in [0.2, 0.25) is 0 Å². The summed E-state index contributed by atoms with van der Waals surface area (Å²) in [6, 6.07) is 18.2. The first-order valence-corrected chi connectivity index (χ1v) is 12.3. The Bertz CT molecular complexity index is 1440. The van der Waals surface area contributed by atoms with Crippen molar-refractivity contribution in [1.29, 1.82) is 0 Å². The Hall–Kier alpha value is -2.93. The molecule has 0 spiro atoms. The van der Waals surface area contributed by atoms with Gasteiger partial charge >= 0.3 is 0 Å². The number of benzene rings is 2. The van der Waals surface area contributed by atoms with E-state index in [4.69, 9.17) is 35.4 Å². The smallest absolute Gasteiger partial charge is 0.174 e. The lowest BCUT2D eigenvalue weighted by Gasteiger charge is -2.28. The highest BCUT2D eigenvalue weighted by molar-refractivity contribution is 7.80. The summed E-state index contributed by atoms with van der Waals surface area (Å²) in [7, 11) is 0. The van der Waals surface area contributed by atoms with Crippen LogP contribution in [0, 0.1) is 26.6 Å². The number of anilines is 1. The van der Waals surface area contributed by atoms with E-state index < -0.39 is 0 Å². The van der Waals surface area contributed by atoms with Crippen LogP contribution in [0.3, 0.4) is 0 Å². The normalized spacial score (nSPS) is 17.7. The highest BCUT2D eigenvalue weighted by atomic mass is 35.5. The first-order valence-electron chi connectivity index (χ1n) is 11.2. The van der Waals surface area contributed by atoms with Gasteiger partial charge in [-0.15, -0.1) is 0 Å². The van der Waals surface area contributed by atoms with E-state index in [9.17, 15) is 4.39 Å². The number of hydrogen-bond acceptors (Lipinski definition) is 2. The van der Waals surface area contributed by atoms with Crippen molar-refractivity contribution in [2.75, 3.05) is 4.90 Å². The minimum atomic E-state index is -0.251. The maximum absolute atomic E-state index is 14.1. The monoisotopic (exact) mass is 524 g/mol. The first-order chi connectivity index (χ1) is 16.8. The summed E-state index contributed by atoms with van der Waals surface area (Å²) in [4.78, 5) is 6.67. The van der Waals surface area contributed by atoms with E-state index in [1.54, 1.807) is 25.3 Å². The Morgan fingerprint density at radius 3 is 2.51 bits per heavy atom. The molecule has 0 bridgehead atoms. The average Bonchev–Trinajstić information content (AvgIpc) is 3.33. The molecule has 1 N–H and O–H groups in total.